The number of phenolic OH excluding ortho intramolecular Hbond substituents is 2. The van der Waals surface area contributed by atoms with Gasteiger partial charge < -0.3 is 10.2 Å². The van der Waals surface area contributed by atoms with E-state index in [0.29, 0.717) is 22.5 Å². The molecule has 0 aliphatic heterocycles. The summed E-state index contributed by atoms with van der Waals surface area (Å²) in [7, 11) is 0. The third-order valence-electron chi connectivity index (χ3n) is 4.53. The predicted octanol–water partition coefficient (Wildman–Crippen LogP) is 4.60. The maximum Gasteiger partial charge on any atom is 0.165 e. The summed E-state index contributed by atoms with van der Waals surface area (Å²) in [5.74, 6) is 0.170. The van der Waals surface area contributed by atoms with E-state index in [1.54, 1.807) is 31.2 Å². The summed E-state index contributed by atoms with van der Waals surface area (Å²) in [4.78, 5) is 8.90. The highest BCUT2D eigenvalue weighted by atomic mass is 19.1. The Labute approximate surface area is 166 Å². The number of nitrogens with one attached hydrogen (secondary N) is 1. The van der Waals surface area contributed by atoms with Crippen LogP contribution in [0.1, 0.15) is 11.1 Å². The van der Waals surface area contributed by atoms with E-state index in [2.05, 4.69) is 20.5 Å². The minimum atomic E-state index is -0.415. The van der Waals surface area contributed by atoms with E-state index in [-0.39, 0.29) is 22.9 Å². The number of hydrogen-bond donors (Lipinski definition) is 3. The van der Waals surface area contributed by atoms with Gasteiger partial charge in [-0.2, -0.15) is 5.10 Å². The van der Waals surface area contributed by atoms with Gasteiger partial charge in [0.2, 0.25) is 0 Å². The van der Waals surface area contributed by atoms with E-state index in [1.165, 1.54) is 18.3 Å². The number of fused-ring (bicyclic) bond motifs is 1. The molecule has 1 heterocycles. The fraction of sp³-hybridized carbons (Fsp3) is 0.0455. The molecule has 29 heavy (non-hydrogen) atoms. The zero-order chi connectivity index (χ0) is 20.4. The lowest BCUT2D eigenvalue weighted by Gasteiger charge is -2.09. The summed E-state index contributed by atoms with van der Waals surface area (Å²) in [6, 6.07) is 16.7. The van der Waals surface area contributed by atoms with E-state index in [4.69, 9.17) is 0 Å². The number of hydrazone groups is 1. The molecule has 0 unspecified atom stereocenters. The minimum Gasteiger partial charge on any atom is -0.508 e. The zero-order valence-corrected chi connectivity index (χ0v) is 15.5. The number of hydrogen-bond acceptors (Lipinski definition) is 6. The van der Waals surface area contributed by atoms with Crippen LogP contribution in [0.15, 0.2) is 65.8 Å². The first kappa shape index (κ1) is 18.4. The molecule has 144 valence electrons. The summed E-state index contributed by atoms with van der Waals surface area (Å²) >= 11 is 0. The first-order valence-corrected chi connectivity index (χ1v) is 8.87. The van der Waals surface area contributed by atoms with Crippen molar-refractivity contribution in [3.63, 3.8) is 0 Å². The number of halogens is 1. The van der Waals surface area contributed by atoms with Gasteiger partial charge in [0, 0.05) is 16.5 Å². The molecule has 3 N–H and O–H groups in total. The predicted molar refractivity (Wildman–Crippen MR) is 111 cm³/mol. The lowest BCUT2D eigenvalue weighted by molar-refractivity contribution is 0.442. The van der Waals surface area contributed by atoms with Crippen LogP contribution < -0.4 is 5.43 Å². The van der Waals surface area contributed by atoms with E-state index in [9.17, 15) is 14.6 Å². The Balaban J connectivity index is 1.73. The van der Waals surface area contributed by atoms with Gasteiger partial charge in [-0.15, -0.1) is 0 Å². The van der Waals surface area contributed by atoms with Crippen LogP contribution in [0.5, 0.6) is 11.5 Å². The molecule has 0 saturated heterocycles. The topological polar surface area (TPSA) is 90.6 Å². The Hall–Kier alpha value is -4.00. The largest absolute Gasteiger partial charge is 0.508 e. The van der Waals surface area contributed by atoms with Crippen LogP contribution >= 0.6 is 0 Å². The molecule has 0 fully saturated rings. The molecule has 1 aromatic heterocycles. The maximum atomic E-state index is 14.2. The molecule has 4 aromatic rings. The quantitative estimate of drug-likeness (QED) is 0.351. The number of aromatic nitrogens is 2. The Bertz CT molecular complexity index is 1240. The highest BCUT2D eigenvalue weighted by molar-refractivity contribution is 5.91. The monoisotopic (exact) mass is 388 g/mol. The Morgan fingerprint density at radius 2 is 1.72 bits per heavy atom. The average molecular weight is 388 g/mol. The summed E-state index contributed by atoms with van der Waals surface area (Å²) in [6.45, 7) is 1.61. The molecule has 0 radical (unpaired) electrons. The van der Waals surface area contributed by atoms with Crippen LogP contribution in [0.2, 0.25) is 0 Å². The molecule has 0 aliphatic carbocycles. The minimum absolute atomic E-state index is 0.00364. The SMILES string of the molecule is Cc1c(O)ccc(/C=N/Nc2nc(-c3ccccc3F)nc3ccccc23)c1O. The number of benzene rings is 3. The third kappa shape index (κ3) is 3.58. The second-order valence-corrected chi connectivity index (χ2v) is 6.41. The molecule has 6 nitrogen and oxygen atoms in total. The first-order chi connectivity index (χ1) is 14.0. The van der Waals surface area contributed by atoms with Gasteiger partial charge in [-0.25, -0.2) is 14.4 Å². The van der Waals surface area contributed by atoms with Gasteiger partial charge in [0.1, 0.15) is 17.3 Å². The average Bonchev–Trinajstić information content (AvgIpc) is 2.74. The van der Waals surface area contributed by atoms with Crippen LogP contribution in [-0.4, -0.2) is 26.4 Å². The summed E-state index contributed by atoms with van der Waals surface area (Å²) in [5, 5.41) is 24.6. The van der Waals surface area contributed by atoms with Crippen molar-refractivity contribution in [2.24, 2.45) is 5.10 Å². The van der Waals surface area contributed by atoms with Crippen LogP contribution in [0.3, 0.4) is 0 Å². The van der Waals surface area contributed by atoms with Gasteiger partial charge in [-0.3, -0.25) is 5.43 Å². The number of rotatable bonds is 4. The van der Waals surface area contributed by atoms with Crippen LogP contribution in [0.25, 0.3) is 22.3 Å². The smallest absolute Gasteiger partial charge is 0.165 e. The van der Waals surface area contributed by atoms with E-state index >= 15 is 0 Å². The summed E-state index contributed by atoms with van der Waals surface area (Å²) in [5.41, 5.74) is 4.57. The van der Waals surface area contributed by atoms with Crippen molar-refractivity contribution in [3.8, 4) is 22.9 Å². The molecule has 0 atom stereocenters. The van der Waals surface area contributed by atoms with Crippen molar-refractivity contribution < 1.29 is 14.6 Å². The Kier molecular flexibility index (Phi) is 4.78. The molecule has 0 saturated carbocycles. The molecular weight excluding hydrogens is 371 g/mol. The van der Waals surface area contributed by atoms with Crippen molar-refractivity contribution >= 4 is 22.9 Å². The Morgan fingerprint density at radius 1 is 0.966 bits per heavy atom. The van der Waals surface area contributed by atoms with Crippen molar-refractivity contribution in [3.05, 3.63) is 77.6 Å². The highest BCUT2D eigenvalue weighted by Gasteiger charge is 2.12. The van der Waals surface area contributed by atoms with Gasteiger partial charge in [0.05, 0.1) is 17.3 Å². The number of aromatic hydroxyl groups is 2. The van der Waals surface area contributed by atoms with Gasteiger partial charge in [-0.1, -0.05) is 24.3 Å². The number of anilines is 1. The van der Waals surface area contributed by atoms with Crippen LogP contribution in [0.4, 0.5) is 10.2 Å². The zero-order valence-electron chi connectivity index (χ0n) is 15.5. The molecule has 0 aliphatic rings. The van der Waals surface area contributed by atoms with Gasteiger partial charge in [0.15, 0.2) is 11.6 Å². The second-order valence-electron chi connectivity index (χ2n) is 6.41. The Morgan fingerprint density at radius 3 is 2.55 bits per heavy atom. The standard InChI is InChI=1S/C22H17FN4O2/c1-13-19(28)11-10-14(20(13)29)12-24-27-22-16-7-3-5-9-18(16)25-21(26-22)15-6-2-4-8-17(15)23/h2-12,28-29H,1H3,(H,25,26,27)/b24-12+. The van der Waals surface area contributed by atoms with Crippen molar-refractivity contribution in [2.45, 2.75) is 6.92 Å². The van der Waals surface area contributed by atoms with E-state index in [1.807, 2.05) is 24.3 Å². The van der Waals surface area contributed by atoms with E-state index < -0.39 is 5.82 Å². The fourth-order valence-electron chi connectivity index (χ4n) is 2.90. The summed E-state index contributed by atoms with van der Waals surface area (Å²) < 4.78 is 14.2. The van der Waals surface area contributed by atoms with Crippen molar-refractivity contribution in [2.75, 3.05) is 5.43 Å². The molecular formula is C22H17FN4O2. The number of para-hydroxylation sites is 1. The second kappa shape index (κ2) is 7.55. The first-order valence-electron chi connectivity index (χ1n) is 8.87. The van der Waals surface area contributed by atoms with Crippen molar-refractivity contribution in [1.82, 2.24) is 9.97 Å². The molecule has 4 rings (SSSR count). The number of nitrogens with zero attached hydrogens (tertiary/aromatic N) is 3. The van der Waals surface area contributed by atoms with Crippen LogP contribution in [-0.2, 0) is 0 Å². The third-order valence-corrected chi connectivity index (χ3v) is 4.53. The van der Waals surface area contributed by atoms with E-state index in [0.717, 1.165) is 5.39 Å². The normalized spacial score (nSPS) is 11.2. The highest BCUT2D eigenvalue weighted by Crippen LogP contribution is 2.29. The maximum absolute atomic E-state index is 14.2. The van der Waals surface area contributed by atoms with Gasteiger partial charge in [0.25, 0.3) is 0 Å². The molecule has 7 heteroatoms. The lowest BCUT2D eigenvalue weighted by Crippen LogP contribution is -2.00. The fourth-order valence-corrected chi connectivity index (χ4v) is 2.90. The van der Waals surface area contributed by atoms with Crippen molar-refractivity contribution in [1.29, 1.82) is 0 Å². The molecule has 0 bridgehead atoms. The summed E-state index contributed by atoms with van der Waals surface area (Å²) in [6.07, 6.45) is 1.42. The lowest BCUT2D eigenvalue weighted by atomic mass is 10.1. The van der Waals surface area contributed by atoms with Gasteiger partial charge in [-0.05, 0) is 43.3 Å². The molecule has 0 amide bonds. The van der Waals surface area contributed by atoms with Gasteiger partial charge >= 0.3 is 0 Å². The molecule has 0 spiro atoms. The van der Waals surface area contributed by atoms with Crippen LogP contribution in [0, 0.1) is 12.7 Å². The number of phenols is 2. The molecule has 3 aromatic carbocycles.